The molecule has 0 saturated heterocycles. The van der Waals surface area contributed by atoms with E-state index in [9.17, 15) is 0 Å². The molecule has 2 nitrogen and oxygen atoms in total. The maximum Gasteiger partial charge on any atom is 1.00 e. The van der Waals surface area contributed by atoms with Gasteiger partial charge in [-0.1, -0.05) is 0 Å². The Hall–Kier alpha value is 1.71. The zero-order valence-electron chi connectivity index (χ0n) is 2.60. The van der Waals surface area contributed by atoms with Crippen LogP contribution in [-0.2, 0) is 3.07 Å². The Bertz CT molecular complexity index is 58.0. The maximum absolute atomic E-state index is 8.94. The van der Waals surface area contributed by atoms with Crippen LogP contribution >= 0.6 is 27.6 Å². The number of rotatable bonds is 0. The predicted molar refractivity (Wildman–Crippen MR) is 22.3 cm³/mol. The summed E-state index contributed by atoms with van der Waals surface area (Å²) in [6.45, 7) is 0. The van der Waals surface area contributed by atoms with Crippen LogP contribution in [0.5, 0.6) is 0 Å². The van der Waals surface area contributed by atoms with Gasteiger partial charge in [-0.15, -0.1) is 0 Å². The molecule has 0 N–H and O–H groups in total. The first-order valence-corrected chi connectivity index (χ1v) is 5.18. The van der Waals surface area contributed by atoms with E-state index in [1.54, 1.807) is 0 Å². The van der Waals surface area contributed by atoms with E-state index in [-0.39, 0.29) is 29.6 Å². The summed E-state index contributed by atoms with van der Waals surface area (Å²) in [6.07, 6.45) is 0. The van der Waals surface area contributed by atoms with Gasteiger partial charge in [-0.3, -0.25) is 3.07 Å². The van der Waals surface area contributed by atoms with Crippen molar-refractivity contribution in [2.45, 2.75) is 0 Å². The number of hydrogen-bond acceptors (Lipinski definition) is 3. The molecule has 0 unspecified atom stereocenters. The third kappa shape index (κ3) is 26.9. The first-order valence-electron chi connectivity index (χ1n) is 0.463. The fraction of sp³-hybridized carbons (Fsp3) is 0. The van der Waals surface area contributed by atoms with E-state index in [4.69, 9.17) is 6.51 Å². The Balaban J connectivity index is 0. The average Bonchev–Trinajstić information content (AvgIpc) is 0.811. The molecular weight excluding hydrogens is 214 g/mol. The Morgan fingerprint density at radius 2 is 1.80 bits per heavy atom. The molecule has 0 radical (unpaired) electrons. The SMILES string of the molecule is O=I([O-])=S.[Na+]. The molecule has 0 aromatic carbocycles. The summed E-state index contributed by atoms with van der Waals surface area (Å²) < 4.78 is 17.9. The first kappa shape index (κ1) is 9.86. The summed E-state index contributed by atoms with van der Waals surface area (Å²) in [7, 11) is 3.67. The van der Waals surface area contributed by atoms with Crippen molar-refractivity contribution in [1.82, 2.24) is 0 Å². The van der Waals surface area contributed by atoms with Crippen molar-refractivity contribution in [3.8, 4) is 0 Å². The van der Waals surface area contributed by atoms with Crippen LogP contribution < -0.4 is 33.0 Å². The van der Waals surface area contributed by atoms with Crippen LogP contribution in [0.3, 0.4) is 0 Å². The normalized spacial score (nSPS) is 6.80. The van der Waals surface area contributed by atoms with Crippen molar-refractivity contribution in [3.63, 3.8) is 0 Å². The van der Waals surface area contributed by atoms with E-state index >= 15 is 0 Å². The second kappa shape index (κ2) is 5.71. The molecule has 0 amide bonds. The van der Waals surface area contributed by atoms with Crippen molar-refractivity contribution >= 4 is 27.6 Å². The third-order valence-electron chi connectivity index (χ3n) is 0. The molecular formula is INaO2S. The summed E-state index contributed by atoms with van der Waals surface area (Å²) in [6, 6.07) is 0. The molecule has 0 fully saturated rings. The molecule has 5 heavy (non-hydrogen) atoms. The number of hydrogen-bond donors (Lipinski definition) is 0. The van der Waals surface area contributed by atoms with Crippen LogP contribution in [0.2, 0.25) is 0 Å². The van der Waals surface area contributed by atoms with Crippen molar-refractivity contribution in [2.24, 2.45) is 0 Å². The van der Waals surface area contributed by atoms with E-state index in [0.717, 1.165) is 0 Å². The molecule has 0 aromatic rings. The van der Waals surface area contributed by atoms with Crippen molar-refractivity contribution in [1.29, 1.82) is 0 Å². The Morgan fingerprint density at radius 1 is 1.80 bits per heavy atom. The Labute approximate surface area is 62.7 Å². The summed E-state index contributed by atoms with van der Waals surface area (Å²) in [4.78, 5) is 0. The van der Waals surface area contributed by atoms with Gasteiger partial charge >= 0.3 is 29.6 Å². The van der Waals surface area contributed by atoms with Crippen LogP contribution in [0.1, 0.15) is 0 Å². The summed E-state index contributed by atoms with van der Waals surface area (Å²) >= 11 is -3.18. The van der Waals surface area contributed by atoms with Gasteiger partial charge in [0.2, 0.25) is 0 Å². The summed E-state index contributed by atoms with van der Waals surface area (Å²) in [5.41, 5.74) is 0. The van der Waals surface area contributed by atoms with Crippen LogP contribution in [0.15, 0.2) is 0 Å². The standard InChI is InChI=1S/HIO2S.Na/c2-1(3)4;/h(H,2,3,4);/q;+1/p-1. The smallest absolute Gasteiger partial charge is 0.764 e. The van der Waals surface area contributed by atoms with E-state index < -0.39 is 18.3 Å². The van der Waals surface area contributed by atoms with Crippen LogP contribution in [0, 0.1) is 0 Å². The van der Waals surface area contributed by atoms with Gasteiger partial charge in [-0.25, -0.2) is 0 Å². The molecule has 26 valence electrons. The number of halogens is 1. The first-order chi connectivity index (χ1) is 1.73. The minimum Gasteiger partial charge on any atom is -0.764 e. The van der Waals surface area contributed by atoms with Gasteiger partial charge in [-0.2, -0.15) is 0 Å². The Morgan fingerprint density at radius 3 is 1.80 bits per heavy atom. The molecule has 0 spiro atoms. The second-order valence-corrected chi connectivity index (χ2v) is 2.96. The molecule has 0 aromatic heterocycles. The van der Waals surface area contributed by atoms with E-state index in [2.05, 4.69) is 9.28 Å². The third-order valence-corrected chi connectivity index (χ3v) is 0. The topological polar surface area (TPSA) is 40.1 Å². The molecule has 0 bridgehead atoms. The molecule has 0 aliphatic rings. The maximum atomic E-state index is 8.94. The van der Waals surface area contributed by atoms with Crippen molar-refractivity contribution in [2.75, 3.05) is 0 Å². The summed E-state index contributed by atoms with van der Waals surface area (Å²) in [5.74, 6) is 0. The van der Waals surface area contributed by atoms with Gasteiger partial charge in [0.1, 0.15) is 0 Å². The minimum absolute atomic E-state index is 0. The van der Waals surface area contributed by atoms with Crippen molar-refractivity contribution < 1.29 is 36.1 Å². The van der Waals surface area contributed by atoms with Gasteiger partial charge in [0.05, 0.1) is 18.3 Å². The Kier molecular flexibility index (Phi) is 11.3. The largest absolute Gasteiger partial charge is 1.00 e. The van der Waals surface area contributed by atoms with E-state index in [0.29, 0.717) is 0 Å². The van der Waals surface area contributed by atoms with Crippen LogP contribution in [0.4, 0.5) is 0 Å². The van der Waals surface area contributed by atoms with Gasteiger partial charge in [0.15, 0.2) is 0 Å². The van der Waals surface area contributed by atoms with E-state index in [1.165, 1.54) is 0 Å². The monoisotopic (exact) mass is 214 g/mol. The quantitative estimate of drug-likeness (QED) is 0.323. The van der Waals surface area contributed by atoms with Gasteiger partial charge in [0, 0.05) is 0 Å². The molecule has 0 aliphatic carbocycles. The molecule has 0 heterocycles. The molecule has 5 heteroatoms. The summed E-state index contributed by atoms with van der Waals surface area (Å²) in [5, 5.41) is 0. The van der Waals surface area contributed by atoms with Gasteiger partial charge in [0.25, 0.3) is 0 Å². The molecule has 0 aliphatic heterocycles. The molecule has 0 saturated carbocycles. The van der Waals surface area contributed by atoms with Gasteiger partial charge in [-0.05, 0) is 9.28 Å². The minimum atomic E-state index is -3.18. The predicted octanol–water partition coefficient (Wildman–Crippen LogP) is -2.77. The fourth-order valence-corrected chi connectivity index (χ4v) is 0. The average molecular weight is 214 g/mol. The second-order valence-electron chi connectivity index (χ2n) is 0.189. The molecule has 0 rings (SSSR count). The fourth-order valence-electron chi connectivity index (χ4n) is 0. The zero-order chi connectivity index (χ0) is 3.58. The van der Waals surface area contributed by atoms with Crippen molar-refractivity contribution in [3.05, 3.63) is 0 Å². The molecule has 0 atom stereocenters. The van der Waals surface area contributed by atoms with Gasteiger partial charge < -0.3 is 3.44 Å². The van der Waals surface area contributed by atoms with Crippen LogP contribution in [0.25, 0.3) is 0 Å². The van der Waals surface area contributed by atoms with Crippen LogP contribution in [-0.4, -0.2) is 0 Å². The van der Waals surface area contributed by atoms with E-state index in [1.807, 2.05) is 0 Å². The zero-order valence-corrected chi connectivity index (χ0v) is 7.58.